The minimum Gasteiger partial charge on any atom is -0.383 e. The van der Waals surface area contributed by atoms with Crippen molar-refractivity contribution in [2.45, 2.75) is 38.7 Å². The van der Waals surface area contributed by atoms with Gasteiger partial charge in [0.25, 0.3) is 0 Å². The first-order valence-corrected chi connectivity index (χ1v) is 9.94. The lowest BCUT2D eigenvalue weighted by Gasteiger charge is -2.26. The fraction of sp³-hybridized carbons (Fsp3) is 0.500. The first-order valence-electron chi connectivity index (χ1n) is 9.14. The van der Waals surface area contributed by atoms with E-state index in [1.54, 1.807) is 17.8 Å². The van der Waals surface area contributed by atoms with Gasteiger partial charge in [0.05, 0.1) is 19.3 Å². The standard InChI is InChI=1S/C20H30BrN5O/c1-6-22-18(24-14-20(4,27)15-11-25-26(5)12-15)23-13-19(2,3)16-9-7-8-10-17(16)21/h7-12,27H,6,13-14H2,1-5H3,(H2,22,23,24). The van der Waals surface area contributed by atoms with Crippen molar-refractivity contribution in [2.75, 3.05) is 19.6 Å². The maximum absolute atomic E-state index is 10.8. The zero-order valence-corrected chi connectivity index (χ0v) is 18.3. The average molecular weight is 436 g/mol. The molecule has 148 valence electrons. The van der Waals surface area contributed by atoms with E-state index in [0.29, 0.717) is 19.0 Å². The zero-order valence-electron chi connectivity index (χ0n) is 16.8. The summed E-state index contributed by atoms with van der Waals surface area (Å²) >= 11 is 3.63. The van der Waals surface area contributed by atoms with Gasteiger partial charge in [-0.15, -0.1) is 0 Å². The molecule has 0 saturated carbocycles. The van der Waals surface area contributed by atoms with E-state index in [9.17, 15) is 5.11 Å². The fourth-order valence-corrected chi connectivity index (χ4v) is 3.59. The summed E-state index contributed by atoms with van der Waals surface area (Å²) in [4.78, 5) is 4.75. The van der Waals surface area contributed by atoms with Gasteiger partial charge in [0.15, 0.2) is 5.96 Å². The largest absolute Gasteiger partial charge is 0.383 e. The summed E-state index contributed by atoms with van der Waals surface area (Å²) in [5.74, 6) is 0.682. The van der Waals surface area contributed by atoms with Crippen molar-refractivity contribution in [3.63, 3.8) is 0 Å². The number of rotatable bonds is 7. The Morgan fingerprint density at radius 3 is 2.56 bits per heavy atom. The van der Waals surface area contributed by atoms with E-state index in [1.165, 1.54) is 5.56 Å². The van der Waals surface area contributed by atoms with E-state index in [2.05, 4.69) is 57.6 Å². The Balaban J connectivity index is 2.08. The van der Waals surface area contributed by atoms with Crippen LogP contribution in [0.1, 0.15) is 38.8 Å². The highest BCUT2D eigenvalue weighted by Gasteiger charge is 2.26. The van der Waals surface area contributed by atoms with Crippen LogP contribution in [-0.2, 0) is 18.1 Å². The highest BCUT2D eigenvalue weighted by atomic mass is 79.9. The van der Waals surface area contributed by atoms with Crippen LogP contribution in [0.15, 0.2) is 46.1 Å². The number of aryl methyl sites for hydroxylation is 1. The molecule has 1 heterocycles. The highest BCUT2D eigenvalue weighted by molar-refractivity contribution is 9.10. The molecule has 1 aromatic heterocycles. The summed E-state index contributed by atoms with van der Waals surface area (Å²) in [7, 11) is 1.84. The van der Waals surface area contributed by atoms with Crippen molar-refractivity contribution in [3.05, 3.63) is 52.3 Å². The van der Waals surface area contributed by atoms with Crippen molar-refractivity contribution in [1.82, 2.24) is 20.4 Å². The van der Waals surface area contributed by atoms with Crippen molar-refractivity contribution >= 4 is 21.9 Å². The maximum atomic E-state index is 10.8. The predicted molar refractivity (Wildman–Crippen MR) is 114 cm³/mol. The molecule has 27 heavy (non-hydrogen) atoms. The van der Waals surface area contributed by atoms with Gasteiger partial charge in [-0.3, -0.25) is 9.67 Å². The molecule has 0 saturated heterocycles. The van der Waals surface area contributed by atoms with Crippen LogP contribution in [0.2, 0.25) is 0 Å². The Labute approximate surface area is 170 Å². The molecule has 0 bridgehead atoms. The molecule has 2 aromatic rings. The first-order chi connectivity index (χ1) is 12.7. The second-order valence-electron chi connectivity index (χ2n) is 7.59. The molecule has 0 aliphatic rings. The monoisotopic (exact) mass is 435 g/mol. The molecule has 0 spiro atoms. The normalized spacial score (nSPS) is 14.7. The minimum atomic E-state index is -1.04. The smallest absolute Gasteiger partial charge is 0.191 e. The lowest BCUT2D eigenvalue weighted by molar-refractivity contribution is 0.0616. The number of hydrogen-bond acceptors (Lipinski definition) is 3. The van der Waals surface area contributed by atoms with Crippen LogP contribution in [0.4, 0.5) is 0 Å². The van der Waals surface area contributed by atoms with Crippen LogP contribution in [-0.4, -0.2) is 40.5 Å². The number of guanidine groups is 1. The first kappa shape index (κ1) is 21.4. The maximum Gasteiger partial charge on any atom is 0.191 e. The van der Waals surface area contributed by atoms with E-state index in [0.717, 1.165) is 16.6 Å². The van der Waals surface area contributed by atoms with Crippen molar-refractivity contribution in [2.24, 2.45) is 12.0 Å². The fourth-order valence-electron chi connectivity index (χ4n) is 2.77. The molecule has 3 N–H and O–H groups in total. The van der Waals surface area contributed by atoms with Crippen LogP contribution >= 0.6 is 15.9 Å². The number of nitrogens with one attached hydrogen (secondary N) is 2. The Hall–Kier alpha value is -1.86. The van der Waals surface area contributed by atoms with Gasteiger partial charge in [0, 0.05) is 35.2 Å². The lowest BCUT2D eigenvalue weighted by Crippen LogP contribution is -2.45. The van der Waals surface area contributed by atoms with E-state index in [-0.39, 0.29) is 5.41 Å². The molecule has 7 heteroatoms. The number of aromatic nitrogens is 2. The molecule has 0 radical (unpaired) electrons. The van der Waals surface area contributed by atoms with Crippen molar-refractivity contribution in [3.8, 4) is 0 Å². The van der Waals surface area contributed by atoms with Crippen LogP contribution in [0.5, 0.6) is 0 Å². The SMILES string of the molecule is CCNC(=NCC(C)(C)c1ccccc1Br)NCC(C)(O)c1cnn(C)c1. The Bertz CT molecular complexity index is 782. The molecule has 1 unspecified atom stereocenters. The molecule has 6 nitrogen and oxygen atoms in total. The summed E-state index contributed by atoms with van der Waals surface area (Å²) in [5.41, 5.74) is 0.811. The molecule has 1 atom stereocenters. The van der Waals surface area contributed by atoms with Crippen molar-refractivity contribution in [1.29, 1.82) is 0 Å². The number of aliphatic hydroxyl groups is 1. The Morgan fingerprint density at radius 2 is 1.96 bits per heavy atom. The Morgan fingerprint density at radius 1 is 1.26 bits per heavy atom. The van der Waals surface area contributed by atoms with Crippen LogP contribution < -0.4 is 10.6 Å². The third kappa shape index (κ3) is 5.81. The third-order valence-electron chi connectivity index (χ3n) is 4.51. The summed E-state index contributed by atoms with van der Waals surface area (Å²) in [6.45, 7) is 9.83. The molecule has 2 rings (SSSR count). The topological polar surface area (TPSA) is 74.5 Å². The van der Waals surface area contributed by atoms with Gasteiger partial charge in [-0.25, -0.2) is 0 Å². The van der Waals surface area contributed by atoms with Crippen LogP contribution in [0.3, 0.4) is 0 Å². The Kier molecular flexibility index (Phi) is 7.06. The zero-order chi connectivity index (χ0) is 20.1. The van der Waals surface area contributed by atoms with Gasteiger partial charge >= 0.3 is 0 Å². The summed E-state index contributed by atoms with van der Waals surface area (Å²) in [6, 6.07) is 8.22. The van der Waals surface area contributed by atoms with Gasteiger partial charge in [0.1, 0.15) is 5.60 Å². The van der Waals surface area contributed by atoms with E-state index < -0.39 is 5.60 Å². The van der Waals surface area contributed by atoms with E-state index >= 15 is 0 Å². The number of aliphatic imine (C=N–C) groups is 1. The van der Waals surface area contributed by atoms with E-state index in [1.807, 2.05) is 32.3 Å². The van der Waals surface area contributed by atoms with Gasteiger partial charge < -0.3 is 15.7 Å². The quantitative estimate of drug-likeness (QED) is 0.461. The molecule has 0 fully saturated rings. The number of benzene rings is 1. The lowest BCUT2D eigenvalue weighted by atomic mass is 9.85. The van der Waals surface area contributed by atoms with Gasteiger partial charge in [-0.05, 0) is 25.5 Å². The minimum absolute atomic E-state index is 0.131. The number of nitrogens with zero attached hydrogens (tertiary/aromatic N) is 3. The molecule has 0 aliphatic carbocycles. The highest BCUT2D eigenvalue weighted by Crippen LogP contribution is 2.30. The molecule has 0 amide bonds. The molecular weight excluding hydrogens is 406 g/mol. The molecule has 1 aromatic carbocycles. The van der Waals surface area contributed by atoms with Gasteiger partial charge in [0.2, 0.25) is 0 Å². The number of hydrogen-bond donors (Lipinski definition) is 3. The second-order valence-corrected chi connectivity index (χ2v) is 8.44. The summed E-state index contributed by atoms with van der Waals surface area (Å²) in [6.07, 6.45) is 3.50. The summed E-state index contributed by atoms with van der Waals surface area (Å²) in [5, 5.41) is 21.4. The predicted octanol–water partition coefficient (Wildman–Crippen LogP) is 2.92. The van der Waals surface area contributed by atoms with Gasteiger partial charge in [-0.1, -0.05) is 48.0 Å². The average Bonchev–Trinajstić information content (AvgIpc) is 3.05. The van der Waals surface area contributed by atoms with E-state index in [4.69, 9.17) is 4.99 Å². The second kappa shape index (κ2) is 8.89. The van der Waals surface area contributed by atoms with Gasteiger partial charge in [-0.2, -0.15) is 5.10 Å². The molecule has 0 aliphatic heterocycles. The number of halogens is 1. The molecular formula is C20H30BrN5O. The third-order valence-corrected chi connectivity index (χ3v) is 5.20. The van der Waals surface area contributed by atoms with Crippen molar-refractivity contribution < 1.29 is 5.11 Å². The van der Waals surface area contributed by atoms with Crippen LogP contribution in [0, 0.1) is 0 Å². The van der Waals surface area contributed by atoms with Crippen LogP contribution in [0.25, 0.3) is 0 Å². The summed E-state index contributed by atoms with van der Waals surface area (Å²) < 4.78 is 2.77.